The van der Waals surface area contributed by atoms with E-state index >= 15 is 0 Å². The van der Waals surface area contributed by atoms with Crippen LogP contribution in [0.1, 0.15) is 33.0 Å². The van der Waals surface area contributed by atoms with Gasteiger partial charge in [0.05, 0.1) is 11.0 Å². The predicted octanol–water partition coefficient (Wildman–Crippen LogP) is 1.85. The van der Waals surface area contributed by atoms with Crippen LogP contribution in [0.25, 0.3) is 0 Å². The summed E-state index contributed by atoms with van der Waals surface area (Å²) in [5.74, 6) is -1.09. The number of carbonyl (C=O) groups is 1. The number of aromatic carboxylic acids is 1. The van der Waals surface area contributed by atoms with Crippen LogP contribution in [-0.2, 0) is 20.3 Å². The Hall–Kier alpha value is -0.920. The number of aryl methyl sites for hydroxylation is 1. The maximum atomic E-state index is 12.3. The first-order valence-corrected chi connectivity index (χ1v) is 8.55. The van der Waals surface area contributed by atoms with Crippen LogP contribution in [0, 0.1) is 6.92 Å². The molecule has 1 N–H and O–H groups in total. The van der Waals surface area contributed by atoms with E-state index in [-0.39, 0.29) is 15.9 Å². The smallest absolute Gasteiger partial charge is 0.345 e. The van der Waals surface area contributed by atoms with Gasteiger partial charge in [0.1, 0.15) is 4.88 Å². The molecule has 0 unspecified atom stereocenters. The molecule has 1 aliphatic heterocycles. The molecule has 0 aliphatic carbocycles. The highest BCUT2D eigenvalue weighted by Gasteiger charge is 2.29. The van der Waals surface area contributed by atoms with Crippen LogP contribution in [0.5, 0.6) is 0 Å². The molecule has 7 heteroatoms. The largest absolute Gasteiger partial charge is 0.477 e. The second-order valence-corrected chi connectivity index (χ2v) is 8.15. The zero-order valence-electron chi connectivity index (χ0n) is 10.6. The Morgan fingerprint density at radius 3 is 2.63 bits per heavy atom. The van der Waals surface area contributed by atoms with Gasteiger partial charge in [-0.25, -0.2) is 13.2 Å². The highest BCUT2D eigenvalue weighted by Crippen LogP contribution is 2.26. The summed E-state index contributed by atoms with van der Waals surface area (Å²) < 4.78 is 29.7. The lowest BCUT2D eigenvalue weighted by Crippen LogP contribution is -2.29. The second kappa shape index (κ2) is 5.60. The van der Waals surface area contributed by atoms with E-state index in [1.54, 1.807) is 6.92 Å². The van der Waals surface area contributed by atoms with Crippen molar-refractivity contribution >= 4 is 27.1 Å². The van der Waals surface area contributed by atoms with Crippen molar-refractivity contribution in [2.45, 2.75) is 30.8 Å². The molecule has 0 saturated carbocycles. The Balaban J connectivity index is 2.17. The van der Waals surface area contributed by atoms with Crippen molar-refractivity contribution in [1.29, 1.82) is 0 Å². The quantitative estimate of drug-likeness (QED) is 0.918. The normalized spacial score (nSPS) is 17.5. The highest BCUT2D eigenvalue weighted by atomic mass is 32.2. The summed E-state index contributed by atoms with van der Waals surface area (Å²) >= 11 is 1.12. The SMILES string of the molecule is Cc1sc(C(=O)O)cc1CS(=O)(=O)C1CCOCC1. The first kappa shape index (κ1) is 14.5. The number of rotatable bonds is 4. The van der Waals surface area contributed by atoms with Gasteiger partial charge in [-0.1, -0.05) is 0 Å². The fourth-order valence-electron chi connectivity index (χ4n) is 2.14. The van der Waals surface area contributed by atoms with E-state index in [4.69, 9.17) is 9.84 Å². The van der Waals surface area contributed by atoms with E-state index in [1.807, 2.05) is 0 Å². The van der Waals surface area contributed by atoms with Gasteiger partial charge in [0.2, 0.25) is 0 Å². The summed E-state index contributed by atoms with van der Waals surface area (Å²) in [4.78, 5) is 11.8. The molecule has 106 valence electrons. The number of hydrogen-bond donors (Lipinski definition) is 1. The van der Waals surface area contributed by atoms with Gasteiger partial charge in [-0.15, -0.1) is 11.3 Å². The summed E-state index contributed by atoms with van der Waals surface area (Å²) in [5, 5.41) is 8.55. The third kappa shape index (κ3) is 3.34. The van der Waals surface area contributed by atoms with Crippen LogP contribution in [0.15, 0.2) is 6.07 Å². The van der Waals surface area contributed by atoms with Gasteiger partial charge >= 0.3 is 5.97 Å². The topological polar surface area (TPSA) is 80.7 Å². The lowest BCUT2D eigenvalue weighted by molar-refractivity contribution is 0.0702. The number of hydrogen-bond acceptors (Lipinski definition) is 5. The molecule has 1 aliphatic rings. The fourth-order valence-corrected chi connectivity index (χ4v) is 4.99. The van der Waals surface area contributed by atoms with Crippen molar-refractivity contribution in [2.75, 3.05) is 13.2 Å². The standard InChI is InChI=1S/C12H16O5S2/c1-8-9(6-11(18-8)12(13)14)7-19(15,16)10-2-4-17-5-3-10/h6,10H,2-5,7H2,1H3,(H,13,14). The fraction of sp³-hybridized carbons (Fsp3) is 0.583. The van der Waals surface area contributed by atoms with Gasteiger partial charge in [0, 0.05) is 18.1 Å². The number of carboxylic acids is 1. The van der Waals surface area contributed by atoms with Crippen LogP contribution in [0.4, 0.5) is 0 Å². The minimum atomic E-state index is -3.24. The minimum Gasteiger partial charge on any atom is -0.477 e. The predicted molar refractivity (Wildman–Crippen MR) is 72.5 cm³/mol. The van der Waals surface area contributed by atoms with E-state index in [1.165, 1.54) is 6.07 Å². The zero-order chi connectivity index (χ0) is 14.0. The molecule has 0 bridgehead atoms. The maximum absolute atomic E-state index is 12.3. The maximum Gasteiger partial charge on any atom is 0.345 e. The van der Waals surface area contributed by atoms with Gasteiger partial charge in [-0.2, -0.15) is 0 Å². The number of sulfone groups is 1. The summed E-state index contributed by atoms with van der Waals surface area (Å²) in [6.45, 7) is 2.71. The van der Waals surface area contributed by atoms with Crippen molar-refractivity contribution in [3.63, 3.8) is 0 Å². The van der Waals surface area contributed by atoms with Gasteiger partial charge in [-0.3, -0.25) is 0 Å². The Morgan fingerprint density at radius 2 is 2.11 bits per heavy atom. The monoisotopic (exact) mass is 304 g/mol. The van der Waals surface area contributed by atoms with Crippen molar-refractivity contribution in [3.8, 4) is 0 Å². The Kier molecular flexibility index (Phi) is 4.27. The molecule has 0 aromatic carbocycles. The second-order valence-electron chi connectivity index (χ2n) is 4.62. The highest BCUT2D eigenvalue weighted by molar-refractivity contribution is 7.91. The van der Waals surface area contributed by atoms with Gasteiger partial charge in [0.25, 0.3) is 0 Å². The molecule has 19 heavy (non-hydrogen) atoms. The summed E-state index contributed by atoms with van der Waals surface area (Å²) in [6.07, 6.45) is 1.05. The molecule has 2 heterocycles. The Labute approximate surface area is 116 Å². The molecule has 1 saturated heterocycles. The molecule has 5 nitrogen and oxygen atoms in total. The van der Waals surface area contributed by atoms with E-state index < -0.39 is 15.8 Å². The molecular weight excluding hydrogens is 288 g/mol. The van der Waals surface area contributed by atoms with Crippen molar-refractivity contribution < 1.29 is 23.1 Å². The van der Waals surface area contributed by atoms with E-state index in [0.29, 0.717) is 31.6 Å². The van der Waals surface area contributed by atoms with Crippen molar-refractivity contribution in [1.82, 2.24) is 0 Å². The van der Waals surface area contributed by atoms with E-state index in [0.717, 1.165) is 16.2 Å². The van der Waals surface area contributed by atoms with Crippen LogP contribution < -0.4 is 0 Å². The Morgan fingerprint density at radius 1 is 1.47 bits per heavy atom. The molecule has 1 aromatic rings. The van der Waals surface area contributed by atoms with Crippen molar-refractivity contribution in [2.24, 2.45) is 0 Å². The third-order valence-electron chi connectivity index (χ3n) is 3.26. The molecule has 0 amide bonds. The first-order chi connectivity index (χ1) is 8.90. The third-order valence-corrected chi connectivity index (χ3v) is 6.55. The van der Waals surface area contributed by atoms with Gasteiger partial charge in [-0.05, 0) is 31.4 Å². The molecule has 0 atom stereocenters. The number of carboxylic acid groups (broad SMARTS) is 1. The number of thiophene rings is 1. The number of ether oxygens (including phenoxy) is 1. The average Bonchev–Trinajstić information content (AvgIpc) is 2.72. The van der Waals surface area contributed by atoms with Crippen LogP contribution in [0.3, 0.4) is 0 Å². The average molecular weight is 304 g/mol. The van der Waals surface area contributed by atoms with Gasteiger partial charge < -0.3 is 9.84 Å². The first-order valence-electron chi connectivity index (χ1n) is 6.02. The summed E-state index contributed by atoms with van der Waals surface area (Å²) in [5.41, 5.74) is 0.605. The molecule has 0 spiro atoms. The molecular formula is C12H16O5S2. The zero-order valence-corrected chi connectivity index (χ0v) is 12.2. The lowest BCUT2D eigenvalue weighted by Gasteiger charge is -2.22. The minimum absolute atomic E-state index is 0.0761. The van der Waals surface area contributed by atoms with E-state index in [2.05, 4.69) is 0 Å². The molecule has 1 aromatic heterocycles. The summed E-state index contributed by atoms with van der Waals surface area (Å²) in [7, 11) is -3.24. The molecule has 1 fully saturated rings. The summed E-state index contributed by atoms with van der Waals surface area (Å²) in [6, 6.07) is 1.47. The van der Waals surface area contributed by atoms with Crippen LogP contribution in [-0.4, -0.2) is 38.0 Å². The van der Waals surface area contributed by atoms with Gasteiger partial charge in [0.15, 0.2) is 9.84 Å². The molecule has 2 rings (SSSR count). The van der Waals surface area contributed by atoms with E-state index in [9.17, 15) is 13.2 Å². The van der Waals surface area contributed by atoms with Crippen LogP contribution >= 0.6 is 11.3 Å². The molecule has 0 radical (unpaired) electrons. The van der Waals surface area contributed by atoms with Crippen molar-refractivity contribution in [3.05, 3.63) is 21.4 Å². The Bertz CT molecular complexity index is 567. The lowest BCUT2D eigenvalue weighted by atomic mass is 10.2. The van der Waals surface area contributed by atoms with Crippen LogP contribution in [0.2, 0.25) is 0 Å².